The highest BCUT2D eigenvalue weighted by Gasteiger charge is 2.37. The van der Waals surface area contributed by atoms with Crippen LogP contribution >= 0.6 is 0 Å². The second-order valence-electron chi connectivity index (χ2n) is 5.66. The van der Waals surface area contributed by atoms with E-state index in [1.54, 1.807) is 0 Å². The molecule has 1 aliphatic heterocycles. The Balaban J connectivity index is 1.78. The molecule has 0 radical (unpaired) electrons. The molecule has 1 saturated carbocycles. The fourth-order valence-electron chi connectivity index (χ4n) is 2.91. The lowest BCUT2D eigenvalue weighted by atomic mass is 9.72. The van der Waals surface area contributed by atoms with Crippen LogP contribution in [0.25, 0.3) is 0 Å². The van der Waals surface area contributed by atoms with E-state index in [1.165, 1.54) is 45.2 Å². The molecule has 2 rings (SSSR count). The average Bonchev–Trinajstić information content (AvgIpc) is 2.50. The van der Waals surface area contributed by atoms with Crippen molar-refractivity contribution in [2.24, 2.45) is 11.7 Å². The molecule has 1 unspecified atom stereocenters. The molecule has 0 aromatic heterocycles. The third-order valence-electron chi connectivity index (χ3n) is 4.09. The topological polar surface area (TPSA) is 29.3 Å². The average molecular weight is 196 g/mol. The molecule has 2 aliphatic rings. The van der Waals surface area contributed by atoms with Crippen molar-refractivity contribution in [3.8, 4) is 0 Å². The SMILES string of the molecule is CC(C)N1CCC(CC2(N)CCC2)C1. The fraction of sp³-hybridized carbons (Fsp3) is 1.00. The Kier molecular flexibility index (Phi) is 2.85. The number of hydrogen-bond acceptors (Lipinski definition) is 2. The summed E-state index contributed by atoms with van der Waals surface area (Å²) in [7, 11) is 0. The highest BCUT2D eigenvalue weighted by Crippen LogP contribution is 2.37. The van der Waals surface area contributed by atoms with Crippen LogP contribution in [-0.2, 0) is 0 Å². The predicted molar refractivity (Wildman–Crippen MR) is 60.2 cm³/mol. The van der Waals surface area contributed by atoms with Crippen LogP contribution in [0.2, 0.25) is 0 Å². The van der Waals surface area contributed by atoms with Gasteiger partial charge >= 0.3 is 0 Å². The van der Waals surface area contributed by atoms with E-state index in [1.807, 2.05) is 0 Å². The summed E-state index contributed by atoms with van der Waals surface area (Å²) >= 11 is 0. The van der Waals surface area contributed by atoms with E-state index in [9.17, 15) is 0 Å². The maximum Gasteiger partial charge on any atom is 0.0157 e. The number of hydrogen-bond donors (Lipinski definition) is 1. The van der Waals surface area contributed by atoms with Gasteiger partial charge in [0.1, 0.15) is 0 Å². The molecule has 14 heavy (non-hydrogen) atoms. The van der Waals surface area contributed by atoms with E-state index >= 15 is 0 Å². The summed E-state index contributed by atoms with van der Waals surface area (Å²) < 4.78 is 0. The normalized spacial score (nSPS) is 32.1. The molecule has 2 heteroatoms. The second kappa shape index (κ2) is 3.82. The van der Waals surface area contributed by atoms with Gasteiger partial charge in [-0.15, -0.1) is 0 Å². The minimum Gasteiger partial charge on any atom is -0.325 e. The van der Waals surface area contributed by atoms with E-state index in [4.69, 9.17) is 5.73 Å². The zero-order valence-electron chi connectivity index (χ0n) is 9.63. The predicted octanol–water partition coefficient (Wildman–Crippen LogP) is 1.99. The quantitative estimate of drug-likeness (QED) is 0.748. The van der Waals surface area contributed by atoms with Crippen LogP contribution < -0.4 is 5.73 Å². The molecule has 2 fully saturated rings. The van der Waals surface area contributed by atoms with Gasteiger partial charge in [0.2, 0.25) is 0 Å². The Morgan fingerprint density at radius 3 is 2.57 bits per heavy atom. The van der Waals surface area contributed by atoms with Gasteiger partial charge in [0, 0.05) is 18.1 Å². The van der Waals surface area contributed by atoms with Crippen LogP contribution in [0.5, 0.6) is 0 Å². The fourth-order valence-corrected chi connectivity index (χ4v) is 2.91. The molecule has 1 heterocycles. The molecular formula is C12H24N2. The number of likely N-dealkylation sites (tertiary alicyclic amines) is 1. The molecular weight excluding hydrogens is 172 g/mol. The Labute approximate surface area is 87.8 Å². The van der Waals surface area contributed by atoms with Gasteiger partial charge in [0.05, 0.1) is 0 Å². The van der Waals surface area contributed by atoms with Crippen molar-refractivity contribution in [2.45, 2.75) is 57.5 Å². The van der Waals surface area contributed by atoms with Crippen LogP contribution in [-0.4, -0.2) is 29.6 Å². The lowest BCUT2D eigenvalue weighted by Gasteiger charge is -2.40. The summed E-state index contributed by atoms with van der Waals surface area (Å²) in [6.07, 6.45) is 6.54. The largest absolute Gasteiger partial charge is 0.325 e. The molecule has 0 amide bonds. The highest BCUT2D eigenvalue weighted by atomic mass is 15.2. The Hall–Kier alpha value is -0.0800. The van der Waals surface area contributed by atoms with Gasteiger partial charge in [-0.1, -0.05) is 0 Å². The molecule has 2 N–H and O–H groups in total. The van der Waals surface area contributed by atoms with Gasteiger partial charge in [-0.3, -0.25) is 0 Å². The first-order chi connectivity index (χ1) is 6.59. The van der Waals surface area contributed by atoms with E-state index in [2.05, 4.69) is 18.7 Å². The van der Waals surface area contributed by atoms with Crippen molar-refractivity contribution in [2.75, 3.05) is 13.1 Å². The molecule has 82 valence electrons. The standard InChI is InChI=1S/C12H24N2/c1-10(2)14-7-4-11(9-14)8-12(13)5-3-6-12/h10-11H,3-9,13H2,1-2H3. The minimum atomic E-state index is 0.234. The Morgan fingerprint density at radius 1 is 1.43 bits per heavy atom. The first-order valence-corrected chi connectivity index (χ1v) is 6.12. The summed E-state index contributed by atoms with van der Waals surface area (Å²) in [5.41, 5.74) is 6.52. The van der Waals surface area contributed by atoms with Gasteiger partial charge in [-0.2, -0.15) is 0 Å². The van der Waals surface area contributed by atoms with Crippen LogP contribution in [0.4, 0.5) is 0 Å². The van der Waals surface area contributed by atoms with Crippen LogP contribution in [0.3, 0.4) is 0 Å². The molecule has 0 aromatic rings. The zero-order valence-corrected chi connectivity index (χ0v) is 9.63. The van der Waals surface area contributed by atoms with Gasteiger partial charge < -0.3 is 10.6 Å². The summed E-state index contributed by atoms with van der Waals surface area (Å²) in [6.45, 7) is 7.17. The monoisotopic (exact) mass is 196 g/mol. The first-order valence-electron chi connectivity index (χ1n) is 6.12. The van der Waals surface area contributed by atoms with Crippen molar-refractivity contribution >= 4 is 0 Å². The second-order valence-corrected chi connectivity index (χ2v) is 5.66. The van der Waals surface area contributed by atoms with E-state index in [-0.39, 0.29) is 5.54 Å². The summed E-state index contributed by atoms with van der Waals surface area (Å²) in [5.74, 6) is 0.877. The lowest BCUT2D eigenvalue weighted by Crippen LogP contribution is -2.48. The van der Waals surface area contributed by atoms with E-state index < -0.39 is 0 Å². The summed E-state index contributed by atoms with van der Waals surface area (Å²) in [4.78, 5) is 2.59. The zero-order chi connectivity index (χ0) is 10.2. The maximum atomic E-state index is 6.29. The van der Waals surface area contributed by atoms with E-state index in [0.29, 0.717) is 0 Å². The molecule has 2 nitrogen and oxygen atoms in total. The minimum absolute atomic E-state index is 0.234. The van der Waals surface area contributed by atoms with Crippen molar-refractivity contribution in [1.29, 1.82) is 0 Å². The number of rotatable bonds is 3. The van der Waals surface area contributed by atoms with Crippen molar-refractivity contribution < 1.29 is 0 Å². The van der Waals surface area contributed by atoms with Gasteiger partial charge in [0.25, 0.3) is 0 Å². The smallest absolute Gasteiger partial charge is 0.0157 e. The molecule has 1 atom stereocenters. The number of nitrogens with two attached hydrogens (primary N) is 1. The molecule has 0 bridgehead atoms. The first kappa shape index (κ1) is 10.4. The lowest BCUT2D eigenvalue weighted by molar-refractivity contribution is 0.188. The summed E-state index contributed by atoms with van der Waals surface area (Å²) in [5, 5.41) is 0. The Morgan fingerprint density at radius 2 is 2.14 bits per heavy atom. The third-order valence-corrected chi connectivity index (χ3v) is 4.09. The highest BCUT2D eigenvalue weighted by molar-refractivity contribution is 4.96. The van der Waals surface area contributed by atoms with Gasteiger partial charge in [-0.05, 0) is 58.4 Å². The van der Waals surface area contributed by atoms with Gasteiger partial charge in [0.15, 0.2) is 0 Å². The van der Waals surface area contributed by atoms with Crippen molar-refractivity contribution in [3.05, 3.63) is 0 Å². The number of nitrogens with zero attached hydrogens (tertiary/aromatic N) is 1. The van der Waals surface area contributed by atoms with E-state index in [0.717, 1.165) is 12.0 Å². The Bertz CT molecular complexity index is 196. The molecule has 1 aliphatic carbocycles. The molecule has 0 aromatic carbocycles. The summed E-state index contributed by atoms with van der Waals surface area (Å²) in [6, 6.07) is 0.718. The van der Waals surface area contributed by atoms with Gasteiger partial charge in [-0.25, -0.2) is 0 Å². The van der Waals surface area contributed by atoms with Crippen LogP contribution in [0.15, 0.2) is 0 Å². The molecule has 1 saturated heterocycles. The van der Waals surface area contributed by atoms with Crippen LogP contribution in [0.1, 0.15) is 46.0 Å². The van der Waals surface area contributed by atoms with Crippen molar-refractivity contribution in [1.82, 2.24) is 4.90 Å². The van der Waals surface area contributed by atoms with Crippen LogP contribution in [0, 0.1) is 5.92 Å². The molecule has 0 spiro atoms. The third kappa shape index (κ3) is 2.12. The maximum absolute atomic E-state index is 6.29. The van der Waals surface area contributed by atoms with Crippen molar-refractivity contribution in [3.63, 3.8) is 0 Å².